The van der Waals surface area contributed by atoms with Crippen LogP contribution < -0.4 is 16.0 Å². The quantitative estimate of drug-likeness (QED) is 0.317. The first kappa shape index (κ1) is 22.4. The predicted molar refractivity (Wildman–Crippen MR) is 122 cm³/mol. The van der Waals surface area contributed by atoms with Gasteiger partial charge in [-0.05, 0) is 35.6 Å². The zero-order chi connectivity index (χ0) is 18.1. The van der Waals surface area contributed by atoms with E-state index in [1.54, 1.807) is 18.4 Å². The van der Waals surface area contributed by atoms with Crippen molar-refractivity contribution in [1.29, 1.82) is 0 Å². The Morgan fingerprint density at radius 3 is 2.50 bits per heavy atom. The summed E-state index contributed by atoms with van der Waals surface area (Å²) in [6.45, 7) is 5.37. The lowest BCUT2D eigenvalue weighted by Crippen LogP contribution is -2.39. The SMILES string of the molecule is CN=C(NCCc1ccc(NC(C)=O)cc1)NCC(C)c1cccs1.I. The fourth-order valence-electron chi connectivity index (χ4n) is 2.43. The van der Waals surface area contributed by atoms with Gasteiger partial charge >= 0.3 is 0 Å². The van der Waals surface area contributed by atoms with Gasteiger partial charge in [-0.2, -0.15) is 0 Å². The van der Waals surface area contributed by atoms with Crippen LogP contribution in [0.25, 0.3) is 0 Å². The van der Waals surface area contributed by atoms with Gasteiger partial charge in [0, 0.05) is 43.5 Å². The highest BCUT2D eigenvalue weighted by atomic mass is 127. The maximum Gasteiger partial charge on any atom is 0.221 e. The molecule has 0 saturated carbocycles. The number of amides is 1. The molecule has 0 fully saturated rings. The number of aliphatic imine (C=N–C) groups is 1. The number of anilines is 1. The molecule has 0 spiro atoms. The highest BCUT2D eigenvalue weighted by Gasteiger charge is 2.07. The number of hydrogen-bond acceptors (Lipinski definition) is 3. The highest BCUT2D eigenvalue weighted by molar-refractivity contribution is 14.0. The Bertz CT molecular complexity index is 686. The molecule has 2 rings (SSSR count). The van der Waals surface area contributed by atoms with Gasteiger partial charge in [-0.25, -0.2) is 0 Å². The van der Waals surface area contributed by atoms with E-state index in [1.165, 1.54) is 17.4 Å². The number of nitrogens with zero attached hydrogens (tertiary/aromatic N) is 1. The molecule has 26 heavy (non-hydrogen) atoms. The third-order valence-electron chi connectivity index (χ3n) is 3.81. The summed E-state index contributed by atoms with van der Waals surface area (Å²) in [5.41, 5.74) is 2.04. The summed E-state index contributed by atoms with van der Waals surface area (Å²) in [6.07, 6.45) is 0.890. The van der Waals surface area contributed by atoms with E-state index in [1.807, 2.05) is 24.3 Å². The van der Waals surface area contributed by atoms with Gasteiger partial charge in [0.05, 0.1) is 0 Å². The average Bonchev–Trinajstić information content (AvgIpc) is 3.13. The molecule has 1 amide bonds. The van der Waals surface area contributed by atoms with Gasteiger partial charge in [0.25, 0.3) is 0 Å². The van der Waals surface area contributed by atoms with Crippen LogP contribution in [0, 0.1) is 0 Å². The fraction of sp³-hybridized carbons (Fsp3) is 0.368. The maximum atomic E-state index is 11.0. The van der Waals surface area contributed by atoms with Gasteiger partial charge in [0.2, 0.25) is 5.91 Å². The second kappa shape index (κ2) is 11.9. The van der Waals surface area contributed by atoms with E-state index in [-0.39, 0.29) is 29.9 Å². The molecule has 1 atom stereocenters. The molecular formula is C19H27IN4OS. The van der Waals surface area contributed by atoms with Crippen molar-refractivity contribution >= 4 is 52.9 Å². The Balaban J connectivity index is 0.00000338. The number of benzene rings is 1. The lowest BCUT2D eigenvalue weighted by Gasteiger charge is -2.15. The number of rotatable bonds is 7. The Kier molecular flexibility index (Phi) is 10.3. The molecule has 0 aliphatic carbocycles. The van der Waals surface area contributed by atoms with Crippen molar-refractivity contribution in [3.63, 3.8) is 0 Å². The summed E-state index contributed by atoms with van der Waals surface area (Å²) < 4.78 is 0. The van der Waals surface area contributed by atoms with Crippen molar-refractivity contribution in [2.24, 2.45) is 4.99 Å². The van der Waals surface area contributed by atoms with Crippen LogP contribution in [0.2, 0.25) is 0 Å². The first-order chi connectivity index (χ1) is 12.1. The van der Waals surface area contributed by atoms with E-state index in [2.05, 4.69) is 45.4 Å². The number of carbonyl (C=O) groups is 1. The van der Waals surface area contributed by atoms with Crippen LogP contribution in [0.4, 0.5) is 5.69 Å². The van der Waals surface area contributed by atoms with Crippen molar-refractivity contribution in [2.45, 2.75) is 26.2 Å². The van der Waals surface area contributed by atoms with Crippen molar-refractivity contribution < 1.29 is 4.79 Å². The molecule has 0 radical (unpaired) electrons. The normalized spacial score (nSPS) is 12.0. The van der Waals surface area contributed by atoms with Gasteiger partial charge in [0.1, 0.15) is 0 Å². The lowest BCUT2D eigenvalue weighted by atomic mass is 10.1. The zero-order valence-electron chi connectivity index (χ0n) is 15.4. The first-order valence-electron chi connectivity index (χ1n) is 8.43. The van der Waals surface area contributed by atoms with Crippen LogP contribution in [-0.2, 0) is 11.2 Å². The van der Waals surface area contributed by atoms with Gasteiger partial charge in [0.15, 0.2) is 5.96 Å². The summed E-state index contributed by atoms with van der Waals surface area (Å²) in [4.78, 5) is 16.7. The Hall–Kier alpha value is -1.61. The van der Waals surface area contributed by atoms with Crippen molar-refractivity contribution in [3.05, 3.63) is 52.2 Å². The second-order valence-corrected chi connectivity index (χ2v) is 6.90. The van der Waals surface area contributed by atoms with E-state index in [0.717, 1.165) is 31.2 Å². The van der Waals surface area contributed by atoms with Crippen LogP contribution in [0.1, 0.15) is 30.2 Å². The molecule has 0 aliphatic rings. The number of nitrogens with one attached hydrogen (secondary N) is 3. The lowest BCUT2D eigenvalue weighted by molar-refractivity contribution is -0.114. The topological polar surface area (TPSA) is 65.5 Å². The monoisotopic (exact) mass is 486 g/mol. The standard InChI is InChI=1S/C19H26N4OS.HI/c1-14(18-5-4-12-25-18)13-22-19(20-3)21-11-10-16-6-8-17(9-7-16)23-15(2)24;/h4-9,12,14H,10-11,13H2,1-3H3,(H,23,24)(H2,20,21,22);1H. The predicted octanol–water partition coefficient (Wildman–Crippen LogP) is 3.84. The summed E-state index contributed by atoms with van der Waals surface area (Å²) in [5, 5.41) is 11.6. The number of halogens is 1. The maximum absolute atomic E-state index is 11.0. The highest BCUT2D eigenvalue weighted by Crippen LogP contribution is 2.19. The average molecular weight is 486 g/mol. The van der Waals surface area contributed by atoms with E-state index < -0.39 is 0 Å². The molecule has 2 aromatic rings. The van der Waals surface area contributed by atoms with E-state index in [4.69, 9.17) is 0 Å². The molecule has 5 nitrogen and oxygen atoms in total. The number of carbonyl (C=O) groups excluding carboxylic acids is 1. The molecule has 3 N–H and O–H groups in total. The molecule has 1 unspecified atom stereocenters. The Morgan fingerprint density at radius 1 is 1.19 bits per heavy atom. The Morgan fingerprint density at radius 2 is 1.92 bits per heavy atom. The summed E-state index contributed by atoms with van der Waals surface area (Å²) in [7, 11) is 1.79. The molecule has 142 valence electrons. The summed E-state index contributed by atoms with van der Waals surface area (Å²) in [6, 6.07) is 12.2. The fourth-order valence-corrected chi connectivity index (χ4v) is 3.21. The molecular weight excluding hydrogens is 459 g/mol. The van der Waals surface area contributed by atoms with Crippen LogP contribution in [0.3, 0.4) is 0 Å². The second-order valence-electron chi connectivity index (χ2n) is 5.92. The van der Waals surface area contributed by atoms with Gasteiger partial charge < -0.3 is 16.0 Å². The smallest absolute Gasteiger partial charge is 0.221 e. The molecule has 1 aromatic carbocycles. The van der Waals surface area contributed by atoms with Gasteiger partial charge in [-0.15, -0.1) is 35.3 Å². The van der Waals surface area contributed by atoms with Crippen LogP contribution in [0.15, 0.2) is 46.8 Å². The number of hydrogen-bond donors (Lipinski definition) is 3. The first-order valence-corrected chi connectivity index (χ1v) is 9.31. The van der Waals surface area contributed by atoms with Crippen molar-refractivity contribution in [1.82, 2.24) is 10.6 Å². The third-order valence-corrected chi connectivity index (χ3v) is 4.91. The van der Waals surface area contributed by atoms with E-state index in [9.17, 15) is 4.79 Å². The van der Waals surface area contributed by atoms with Gasteiger partial charge in [-0.1, -0.05) is 25.1 Å². The number of guanidine groups is 1. The minimum atomic E-state index is -0.0546. The minimum Gasteiger partial charge on any atom is -0.356 e. The van der Waals surface area contributed by atoms with Crippen molar-refractivity contribution in [3.8, 4) is 0 Å². The molecule has 0 saturated heterocycles. The van der Waals surface area contributed by atoms with Crippen LogP contribution in [-0.4, -0.2) is 32.0 Å². The van der Waals surface area contributed by atoms with E-state index in [0.29, 0.717) is 5.92 Å². The molecule has 0 bridgehead atoms. The van der Waals surface area contributed by atoms with E-state index >= 15 is 0 Å². The molecule has 1 heterocycles. The molecule has 7 heteroatoms. The third kappa shape index (κ3) is 7.74. The minimum absolute atomic E-state index is 0. The number of thiophene rings is 1. The largest absolute Gasteiger partial charge is 0.356 e. The summed E-state index contributed by atoms with van der Waals surface area (Å²) >= 11 is 1.78. The molecule has 1 aromatic heterocycles. The zero-order valence-corrected chi connectivity index (χ0v) is 18.6. The van der Waals surface area contributed by atoms with Crippen LogP contribution >= 0.6 is 35.3 Å². The Labute approximate surface area is 176 Å². The van der Waals surface area contributed by atoms with Crippen LogP contribution in [0.5, 0.6) is 0 Å². The molecule has 0 aliphatic heterocycles. The van der Waals surface area contributed by atoms with Crippen molar-refractivity contribution in [2.75, 3.05) is 25.5 Å². The summed E-state index contributed by atoms with van der Waals surface area (Å²) in [5.74, 6) is 1.22. The van der Waals surface area contributed by atoms with Gasteiger partial charge in [-0.3, -0.25) is 9.79 Å².